The first-order valence-corrected chi connectivity index (χ1v) is 7.09. The Hall–Kier alpha value is -2.48. The molecule has 3 rings (SSSR count). The van der Waals surface area contributed by atoms with E-state index in [0.717, 1.165) is 39.6 Å². The lowest BCUT2D eigenvalue weighted by atomic mass is 9.92. The van der Waals surface area contributed by atoms with Crippen LogP contribution in [0, 0.1) is 13.8 Å². The zero-order chi connectivity index (χ0) is 14.8. The molecule has 0 aliphatic rings. The molecule has 2 nitrogen and oxygen atoms in total. The molecule has 1 heterocycles. The summed E-state index contributed by atoms with van der Waals surface area (Å²) < 4.78 is 0. The second-order valence-corrected chi connectivity index (χ2v) is 5.31. The largest absolute Gasteiger partial charge is 0.303 e. The van der Waals surface area contributed by atoms with Gasteiger partial charge in [0.2, 0.25) is 0 Å². The van der Waals surface area contributed by atoms with E-state index in [1.807, 2.05) is 25.1 Å². The van der Waals surface area contributed by atoms with Crippen LogP contribution >= 0.6 is 0 Å². The third kappa shape index (κ3) is 2.45. The van der Waals surface area contributed by atoms with E-state index in [9.17, 15) is 4.79 Å². The number of aromatic nitrogens is 1. The highest BCUT2D eigenvalue weighted by Crippen LogP contribution is 2.33. The Bertz CT molecular complexity index is 807. The number of benzene rings is 2. The molecule has 0 aliphatic heterocycles. The van der Waals surface area contributed by atoms with Gasteiger partial charge in [-0.2, -0.15) is 0 Å². The predicted octanol–water partition coefficient (Wildman–Crippen LogP) is 4.26. The van der Waals surface area contributed by atoms with Crippen molar-refractivity contribution in [2.75, 3.05) is 0 Å². The Kier molecular flexibility index (Phi) is 3.53. The molecule has 0 radical (unpaired) electrons. The van der Waals surface area contributed by atoms with Crippen LogP contribution in [0.25, 0.3) is 22.0 Å². The summed E-state index contributed by atoms with van der Waals surface area (Å²) >= 11 is 0. The van der Waals surface area contributed by atoms with Gasteiger partial charge in [-0.15, -0.1) is 0 Å². The molecule has 0 amide bonds. The van der Waals surface area contributed by atoms with Crippen molar-refractivity contribution in [1.29, 1.82) is 0 Å². The molecule has 0 atom stereocenters. The van der Waals surface area contributed by atoms with Crippen molar-refractivity contribution in [3.63, 3.8) is 0 Å². The van der Waals surface area contributed by atoms with E-state index in [-0.39, 0.29) is 0 Å². The molecule has 21 heavy (non-hydrogen) atoms. The maximum Gasteiger partial charge on any atom is 0.124 e. The van der Waals surface area contributed by atoms with Gasteiger partial charge in [-0.05, 0) is 42.7 Å². The summed E-state index contributed by atoms with van der Waals surface area (Å²) in [5, 5.41) is 1.11. The van der Waals surface area contributed by atoms with Crippen LogP contribution < -0.4 is 0 Å². The van der Waals surface area contributed by atoms with Crippen LogP contribution in [0.2, 0.25) is 0 Å². The Morgan fingerprint density at radius 2 is 1.81 bits per heavy atom. The summed E-state index contributed by atoms with van der Waals surface area (Å²) in [5.41, 5.74) is 6.39. The topological polar surface area (TPSA) is 30.0 Å². The number of aldehydes is 1. The molecule has 0 N–H and O–H groups in total. The fourth-order valence-corrected chi connectivity index (χ4v) is 2.81. The maximum absolute atomic E-state index is 11.1. The standard InChI is InChI=1S/C19H17NO/c1-13-8-9-18-17(12-13)19(15-6-4-3-5-7-15)16(10-11-21)14(2)20-18/h3-9,11-12H,10H2,1-2H3. The highest BCUT2D eigenvalue weighted by molar-refractivity contribution is 5.97. The van der Waals surface area contributed by atoms with Crippen molar-refractivity contribution in [2.24, 2.45) is 0 Å². The minimum absolute atomic E-state index is 0.396. The molecule has 0 saturated heterocycles. The quantitative estimate of drug-likeness (QED) is 0.668. The van der Waals surface area contributed by atoms with E-state index in [1.165, 1.54) is 5.56 Å². The number of carbonyl (C=O) groups excluding carboxylic acids is 1. The average Bonchev–Trinajstić information content (AvgIpc) is 2.50. The molecule has 0 bridgehead atoms. The molecule has 0 saturated carbocycles. The summed E-state index contributed by atoms with van der Waals surface area (Å²) in [6.45, 7) is 4.05. The normalized spacial score (nSPS) is 10.8. The second kappa shape index (κ2) is 5.49. The number of hydrogen-bond donors (Lipinski definition) is 0. The molecule has 104 valence electrons. The fourth-order valence-electron chi connectivity index (χ4n) is 2.81. The summed E-state index contributed by atoms with van der Waals surface area (Å²) in [6.07, 6.45) is 1.35. The molecular formula is C19H17NO. The average molecular weight is 275 g/mol. The number of carbonyl (C=O) groups is 1. The molecule has 0 spiro atoms. The van der Waals surface area contributed by atoms with Crippen LogP contribution in [-0.4, -0.2) is 11.3 Å². The molecule has 0 unspecified atom stereocenters. The fraction of sp³-hybridized carbons (Fsp3) is 0.158. The van der Waals surface area contributed by atoms with Gasteiger partial charge >= 0.3 is 0 Å². The van der Waals surface area contributed by atoms with Gasteiger partial charge in [0, 0.05) is 17.5 Å². The van der Waals surface area contributed by atoms with Crippen LogP contribution in [-0.2, 0) is 11.2 Å². The van der Waals surface area contributed by atoms with Crippen molar-refractivity contribution in [1.82, 2.24) is 4.98 Å². The summed E-state index contributed by atoms with van der Waals surface area (Å²) in [6, 6.07) is 16.5. The minimum Gasteiger partial charge on any atom is -0.303 e. The number of fused-ring (bicyclic) bond motifs is 1. The Morgan fingerprint density at radius 3 is 2.52 bits per heavy atom. The van der Waals surface area contributed by atoms with Gasteiger partial charge in [-0.3, -0.25) is 4.98 Å². The van der Waals surface area contributed by atoms with E-state index >= 15 is 0 Å². The van der Waals surface area contributed by atoms with Gasteiger partial charge in [0.15, 0.2) is 0 Å². The predicted molar refractivity (Wildman–Crippen MR) is 86.4 cm³/mol. The Labute approximate surface area is 124 Å². The molecule has 0 fully saturated rings. The van der Waals surface area contributed by atoms with E-state index in [1.54, 1.807) is 0 Å². The van der Waals surface area contributed by atoms with E-state index < -0.39 is 0 Å². The molecular weight excluding hydrogens is 258 g/mol. The molecule has 3 aromatic rings. The SMILES string of the molecule is Cc1ccc2nc(C)c(CC=O)c(-c3ccccc3)c2c1. The zero-order valence-electron chi connectivity index (χ0n) is 12.3. The van der Waals surface area contributed by atoms with E-state index in [4.69, 9.17) is 0 Å². The monoisotopic (exact) mass is 275 g/mol. The van der Waals surface area contributed by atoms with Crippen molar-refractivity contribution in [3.05, 3.63) is 65.4 Å². The van der Waals surface area contributed by atoms with Crippen LogP contribution in [0.5, 0.6) is 0 Å². The number of hydrogen-bond acceptors (Lipinski definition) is 2. The van der Waals surface area contributed by atoms with Crippen molar-refractivity contribution < 1.29 is 4.79 Å². The maximum atomic E-state index is 11.1. The lowest BCUT2D eigenvalue weighted by molar-refractivity contribution is -0.107. The van der Waals surface area contributed by atoms with Crippen LogP contribution in [0.4, 0.5) is 0 Å². The Balaban J connectivity index is 2.43. The van der Waals surface area contributed by atoms with Crippen molar-refractivity contribution >= 4 is 17.2 Å². The smallest absolute Gasteiger partial charge is 0.124 e. The number of pyridine rings is 1. The first kappa shape index (κ1) is 13.5. The van der Waals surface area contributed by atoms with Crippen LogP contribution in [0.15, 0.2) is 48.5 Å². The molecule has 0 aliphatic carbocycles. The van der Waals surface area contributed by atoms with Gasteiger partial charge in [0.1, 0.15) is 6.29 Å². The lowest BCUT2D eigenvalue weighted by Crippen LogP contribution is -2.00. The van der Waals surface area contributed by atoms with Gasteiger partial charge in [0.25, 0.3) is 0 Å². The van der Waals surface area contributed by atoms with E-state index in [0.29, 0.717) is 6.42 Å². The zero-order valence-corrected chi connectivity index (χ0v) is 12.3. The van der Waals surface area contributed by atoms with Crippen LogP contribution in [0.3, 0.4) is 0 Å². The highest BCUT2D eigenvalue weighted by atomic mass is 16.1. The Morgan fingerprint density at radius 1 is 1.05 bits per heavy atom. The first-order chi connectivity index (χ1) is 10.2. The number of aryl methyl sites for hydroxylation is 2. The molecule has 2 heteroatoms. The molecule has 2 aromatic carbocycles. The van der Waals surface area contributed by atoms with Crippen molar-refractivity contribution in [2.45, 2.75) is 20.3 Å². The van der Waals surface area contributed by atoms with Crippen LogP contribution in [0.1, 0.15) is 16.8 Å². The summed E-state index contributed by atoms with van der Waals surface area (Å²) in [5.74, 6) is 0. The summed E-state index contributed by atoms with van der Waals surface area (Å²) in [4.78, 5) is 15.7. The van der Waals surface area contributed by atoms with Gasteiger partial charge < -0.3 is 4.79 Å². The lowest BCUT2D eigenvalue weighted by Gasteiger charge is -2.15. The van der Waals surface area contributed by atoms with E-state index in [2.05, 4.69) is 42.2 Å². The number of rotatable bonds is 3. The summed E-state index contributed by atoms with van der Waals surface area (Å²) in [7, 11) is 0. The van der Waals surface area contributed by atoms with Gasteiger partial charge in [-0.25, -0.2) is 0 Å². The third-order valence-electron chi connectivity index (χ3n) is 3.80. The second-order valence-electron chi connectivity index (χ2n) is 5.31. The van der Waals surface area contributed by atoms with Gasteiger partial charge in [-0.1, -0.05) is 42.0 Å². The minimum atomic E-state index is 0.396. The van der Waals surface area contributed by atoms with Crippen molar-refractivity contribution in [3.8, 4) is 11.1 Å². The number of nitrogens with zero attached hydrogens (tertiary/aromatic N) is 1. The van der Waals surface area contributed by atoms with Gasteiger partial charge in [0.05, 0.1) is 5.52 Å². The highest BCUT2D eigenvalue weighted by Gasteiger charge is 2.14. The third-order valence-corrected chi connectivity index (χ3v) is 3.80. The molecule has 1 aromatic heterocycles. The first-order valence-electron chi connectivity index (χ1n) is 7.09.